The third kappa shape index (κ3) is 3.72. The number of hydrogen-bond acceptors (Lipinski definition) is 3. The molecule has 0 spiro atoms. The molecule has 0 fully saturated rings. The Hall–Kier alpha value is -3.22. The first-order chi connectivity index (χ1) is 12.5. The molecule has 3 aromatic rings. The molecule has 0 aliphatic carbocycles. The molecule has 0 saturated heterocycles. The first kappa shape index (κ1) is 17.6. The Bertz CT molecular complexity index is 1050. The predicted octanol–water partition coefficient (Wildman–Crippen LogP) is 1.53. The van der Waals surface area contributed by atoms with Crippen molar-refractivity contribution in [1.29, 1.82) is 0 Å². The van der Waals surface area contributed by atoms with E-state index in [0.717, 1.165) is 10.2 Å². The standard InChI is InChI=1S/C19H18FN3O3/c1-22(11-10-13-6-8-14(20)9-7-13)17(24)12-23-19(26)16-5-3-2-4-15(16)18(25)21-23/h2-9H,10-12H2,1H3,(H,21,25). The maximum atomic E-state index is 12.9. The molecule has 2 aromatic carbocycles. The van der Waals surface area contributed by atoms with Gasteiger partial charge in [-0.2, -0.15) is 0 Å². The van der Waals surface area contributed by atoms with Crippen LogP contribution >= 0.6 is 0 Å². The molecule has 26 heavy (non-hydrogen) atoms. The summed E-state index contributed by atoms with van der Waals surface area (Å²) in [7, 11) is 1.62. The molecule has 134 valence electrons. The van der Waals surface area contributed by atoms with Crippen molar-refractivity contribution in [3.05, 3.63) is 80.6 Å². The second-order valence-corrected chi connectivity index (χ2v) is 6.07. The normalized spacial score (nSPS) is 10.8. The van der Waals surface area contributed by atoms with Crippen LogP contribution in [0.4, 0.5) is 4.39 Å². The Balaban J connectivity index is 1.72. The Morgan fingerprint density at radius 2 is 1.73 bits per heavy atom. The van der Waals surface area contributed by atoms with Crippen LogP contribution in [0.5, 0.6) is 0 Å². The maximum Gasteiger partial charge on any atom is 0.273 e. The van der Waals surface area contributed by atoms with Gasteiger partial charge in [0.05, 0.1) is 10.8 Å². The third-order valence-corrected chi connectivity index (χ3v) is 4.25. The fourth-order valence-electron chi connectivity index (χ4n) is 2.69. The van der Waals surface area contributed by atoms with E-state index in [9.17, 15) is 18.8 Å². The van der Waals surface area contributed by atoms with Crippen molar-refractivity contribution >= 4 is 16.7 Å². The lowest BCUT2D eigenvalue weighted by atomic mass is 10.1. The van der Waals surface area contributed by atoms with Crippen LogP contribution in [-0.2, 0) is 17.8 Å². The van der Waals surface area contributed by atoms with Gasteiger partial charge >= 0.3 is 0 Å². The van der Waals surface area contributed by atoms with E-state index in [0.29, 0.717) is 18.4 Å². The minimum Gasteiger partial charge on any atom is -0.344 e. The second kappa shape index (κ2) is 7.35. The highest BCUT2D eigenvalue weighted by molar-refractivity contribution is 5.81. The SMILES string of the molecule is CN(CCc1ccc(F)cc1)C(=O)Cn1[nH]c(=O)c2ccccc2c1=O. The van der Waals surface area contributed by atoms with Crippen molar-refractivity contribution in [2.45, 2.75) is 13.0 Å². The monoisotopic (exact) mass is 355 g/mol. The summed E-state index contributed by atoms with van der Waals surface area (Å²) in [6, 6.07) is 12.5. The van der Waals surface area contributed by atoms with Crippen molar-refractivity contribution < 1.29 is 9.18 Å². The predicted molar refractivity (Wildman–Crippen MR) is 96.6 cm³/mol. The molecule has 3 rings (SSSR count). The van der Waals surface area contributed by atoms with Gasteiger partial charge in [-0.05, 0) is 36.2 Å². The number of amides is 1. The van der Waals surface area contributed by atoms with Crippen molar-refractivity contribution in [3.8, 4) is 0 Å². The molecule has 0 unspecified atom stereocenters. The Morgan fingerprint density at radius 1 is 1.08 bits per heavy atom. The zero-order valence-corrected chi connectivity index (χ0v) is 14.2. The Labute approximate surface area is 148 Å². The van der Waals surface area contributed by atoms with Crippen LogP contribution in [0.2, 0.25) is 0 Å². The van der Waals surface area contributed by atoms with Crippen molar-refractivity contribution in [2.75, 3.05) is 13.6 Å². The molecule has 1 amide bonds. The van der Waals surface area contributed by atoms with Gasteiger partial charge in [0.15, 0.2) is 0 Å². The van der Waals surface area contributed by atoms with E-state index in [-0.39, 0.29) is 23.7 Å². The van der Waals surface area contributed by atoms with Crippen LogP contribution in [0.3, 0.4) is 0 Å². The van der Waals surface area contributed by atoms with Gasteiger partial charge in [0.2, 0.25) is 5.91 Å². The molecule has 0 atom stereocenters. The molecule has 1 heterocycles. The summed E-state index contributed by atoms with van der Waals surface area (Å²) in [4.78, 5) is 38.4. The van der Waals surface area contributed by atoms with E-state index in [4.69, 9.17) is 0 Å². The number of hydrogen-bond donors (Lipinski definition) is 1. The fraction of sp³-hybridized carbons (Fsp3) is 0.211. The van der Waals surface area contributed by atoms with Gasteiger partial charge in [-0.1, -0.05) is 24.3 Å². The number of aromatic nitrogens is 2. The first-order valence-electron chi connectivity index (χ1n) is 8.16. The van der Waals surface area contributed by atoms with Gasteiger partial charge in [-0.3, -0.25) is 19.5 Å². The van der Waals surface area contributed by atoms with Crippen LogP contribution in [0.1, 0.15) is 5.56 Å². The van der Waals surface area contributed by atoms with Crippen LogP contribution in [-0.4, -0.2) is 34.2 Å². The topological polar surface area (TPSA) is 75.2 Å². The number of H-pyrrole nitrogens is 1. The number of fused-ring (bicyclic) bond motifs is 1. The lowest BCUT2D eigenvalue weighted by Gasteiger charge is -2.18. The van der Waals surface area contributed by atoms with Gasteiger partial charge in [0, 0.05) is 13.6 Å². The van der Waals surface area contributed by atoms with E-state index in [1.807, 2.05) is 0 Å². The minimum absolute atomic E-state index is 0.251. The quantitative estimate of drug-likeness (QED) is 0.754. The number of likely N-dealkylation sites (N-methyl/N-ethyl adjacent to an activating group) is 1. The minimum atomic E-state index is -0.416. The number of halogens is 1. The summed E-state index contributed by atoms with van der Waals surface area (Å²) >= 11 is 0. The molecular formula is C19H18FN3O3. The first-order valence-corrected chi connectivity index (χ1v) is 8.16. The maximum absolute atomic E-state index is 12.9. The summed E-state index contributed by atoms with van der Waals surface area (Å²) in [6.07, 6.45) is 0.561. The molecule has 0 radical (unpaired) electrons. The molecule has 6 nitrogen and oxygen atoms in total. The van der Waals surface area contributed by atoms with Crippen LogP contribution in [0, 0.1) is 5.82 Å². The van der Waals surface area contributed by atoms with Crippen LogP contribution in [0.25, 0.3) is 10.8 Å². The average Bonchev–Trinajstić information content (AvgIpc) is 2.65. The zero-order chi connectivity index (χ0) is 18.7. The average molecular weight is 355 g/mol. The summed E-state index contributed by atoms with van der Waals surface area (Å²) in [5.41, 5.74) is 0.0739. The number of nitrogens with one attached hydrogen (secondary N) is 1. The van der Waals surface area contributed by atoms with Crippen molar-refractivity contribution in [2.24, 2.45) is 0 Å². The molecule has 1 aromatic heterocycles. The molecule has 0 saturated carbocycles. The van der Waals surface area contributed by atoms with E-state index >= 15 is 0 Å². The summed E-state index contributed by atoms with van der Waals surface area (Å²) < 4.78 is 13.9. The number of carbonyl (C=O) groups is 1. The van der Waals surface area contributed by atoms with Gasteiger partial charge < -0.3 is 4.90 Å². The number of nitrogens with zero attached hydrogens (tertiary/aromatic N) is 2. The van der Waals surface area contributed by atoms with Gasteiger partial charge in [0.1, 0.15) is 12.4 Å². The van der Waals surface area contributed by atoms with Crippen LogP contribution < -0.4 is 11.1 Å². The van der Waals surface area contributed by atoms with E-state index in [1.165, 1.54) is 17.0 Å². The summed E-state index contributed by atoms with van der Waals surface area (Å²) in [6.45, 7) is 0.163. The van der Waals surface area contributed by atoms with Crippen molar-refractivity contribution in [3.63, 3.8) is 0 Å². The van der Waals surface area contributed by atoms with Crippen molar-refractivity contribution in [1.82, 2.24) is 14.7 Å². The lowest BCUT2D eigenvalue weighted by molar-refractivity contribution is -0.130. The number of benzene rings is 2. The van der Waals surface area contributed by atoms with Crippen LogP contribution in [0.15, 0.2) is 58.1 Å². The van der Waals surface area contributed by atoms with E-state index < -0.39 is 11.1 Å². The molecule has 1 N–H and O–H groups in total. The fourth-order valence-corrected chi connectivity index (χ4v) is 2.69. The third-order valence-electron chi connectivity index (χ3n) is 4.25. The van der Waals surface area contributed by atoms with Gasteiger partial charge in [0.25, 0.3) is 11.1 Å². The zero-order valence-electron chi connectivity index (χ0n) is 14.2. The smallest absolute Gasteiger partial charge is 0.273 e. The summed E-state index contributed by atoms with van der Waals surface area (Å²) in [5, 5.41) is 3.02. The molecule has 0 aliphatic heterocycles. The molecule has 0 bridgehead atoms. The highest BCUT2D eigenvalue weighted by Gasteiger charge is 2.13. The van der Waals surface area contributed by atoms with E-state index in [1.54, 1.807) is 43.4 Å². The second-order valence-electron chi connectivity index (χ2n) is 6.07. The highest BCUT2D eigenvalue weighted by atomic mass is 19.1. The Kier molecular flexibility index (Phi) is 4.97. The molecule has 0 aliphatic rings. The largest absolute Gasteiger partial charge is 0.344 e. The van der Waals surface area contributed by atoms with E-state index in [2.05, 4.69) is 5.10 Å². The molecular weight excluding hydrogens is 337 g/mol. The lowest BCUT2D eigenvalue weighted by Crippen LogP contribution is -2.38. The number of carbonyl (C=O) groups excluding carboxylic acids is 1. The van der Waals surface area contributed by atoms with Gasteiger partial charge in [-0.25, -0.2) is 9.07 Å². The molecule has 7 heteroatoms. The number of aromatic amines is 1. The number of rotatable bonds is 5. The Morgan fingerprint density at radius 3 is 2.42 bits per heavy atom. The van der Waals surface area contributed by atoms with Gasteiger partial charge in [-0.15, -0.1) is 0 Å². The summed E-state index contributed by atoms with van der Waals surface area (Å²) in [5.74, 6) is -0.613. The highest BCUT2D eigenvalue weighted by Crippen LogP contribution is 2.05.